The minimum Gasteiger partial charge on any atom is -0.477 e. The lowest BCUT2D eigenvalue weighted by Crippen LogP contribution is -2.57. The van der Waals surface area contributed by atoms with Gasteiger partial charge in [0.25, 0.3) is 0 Å². The molecule has 0 bridgehead atoms. The van der Waals surface area contributed by atoms with Crippen LogP contribution in [0.15, 0.2) is 6.07 Å². The van der Waals surface area contributed by atoms with Crippen molar-refractivity contribution in [3.8, 4) is 11.8 Å². The van der Waals surface area contributed by atoms with Crippen molar-refractivity contribution >= 4 is 34.8 Å². The zero-order valence-electron chi connectivity index (χ0n) is 21.3. The highest BCUT2D eigenvalue weighted by atomic mass is 32.1. The fourth-order valence-corrected chi connectivity index (χ4v) is 5.64. The van der Waals surface area contributed by atoms with E-state index in [2.05, 4.69) is 18.8 Å². The van der Waals surface area contributed by atoms with Crippen molar-refractivity contribution in [1.29, 1.82) is 0 Å². The summed E-state index contributed by atoms with van der Waals surface area (Å²) >= 11 is 1.08. The standard InChI is InChI=1S/C27H38N2O4S/c1-17(2)28-15-7-8-21(25(28)31)29(24(30)19-11-9-18(3)10-12-19)22-16-20(13-14-27(4,5)6)34-23(22)26(32)33/h16-19,21H,7-12,15H2,1-6H3,(H,32,33)/t18?,19?,21-/m0/s1. The van der Waals surface area contributed by atoms with Gasteiger partial charge in [-0.1, -0.05) is 18.8 Å². The summed E-state index contributed by atoms with van der Waals surface area (Å²) in [6.45, 7) is 12.8. The van der Waals surface area contributed by atoms with E-state index in [1.807, 2.05) is 39.5 Å². The van der Waals surface area contributed by atoms with Crippen LogP contribution in [0.25, 0.3) is 0 Å². The Morgan fingerprint density at radius 2 is 1.82 bits per heavy atom. The van der Waals surface area contributed by atoms with Crippen LogP contribution in [-0.4, -0.2) is 46.4 Å². The lowest BCUT2D eigenvalue weighted by atomic mass is 9.82. The molecule has 1 aliphatic heterocycles. The number of amides is 2. The van der Waals surface area contributed by atoms with Crippen molar-refractivity contribution in [2.45, 2.75) is 92.2 Å². The van der Waals surface area contributed by atoms with Gasteiger partial charge in [-0.05, 0) is 85.1 Å². The number of carboxylic acid groups (broad SMARTS) is 1. The van der Waals surface area contributed by atoms with Gasteiger partial charge in [0.05, 0.1) is 10.6 Å². The number of carbonyl (C=O) groups excluding carboxylic acids is 2. The number of thiophene rings is 1. The van der Waals surface area contributed by atoms with E-state index in [4.69, 9.17) is 0 Å². The summed E-state index contributed by atoms with van der Waals surface area (Å²) in [6, 6.07) is 1.05. The summed E-state index contributed by atoms with van der Waals surface area (Å²) in [5.74, 6) is 5.33. The van der Waals surface area contributed by atoms with Crippen molar-refractivity contribution < 1.29 is 19.5 Å². The van der Waals surface area contributed by atoms with E-state index in [0.717, 1.165) is 43.4 Å². The lowest BCUT2D eigenvalue weighted by Gasteiger charge is -2.41. The normalized spacial score (nSPS) is 23.4. The molecule has 1 aromatic heterocycles. The van der Waals surface area contributed by atoms with E-state index >= 15 is 0 Å². The molecule has 186 valence electrons. The molecule has 0 unspecified atom stereocenters. The third-order valence-electron chi connectivity index (χ3n) is 6.71. The van der Waals surface area contributed by atoms with E-state index < -0.39 is 12.0 Å². The molecule has 34 heavy (non-hydrogen) atoms. The molecule has 1 atom stereocenters. The summed E-state index contributed by atoms with van der Waals surface area (Å²) in [5.41, 5.74) is 0.0853. The summed E-state index contributed by atoms with van der Waals surface area (Å²) < 4.78 is 0. The molecule has 0 radical (unpaired) electrons. The molecule has 0 spiro atoms. The Bertz CT molecular complexity index is 986. The molecule has 1 saturated carbocycles. The molecule has 0 aromatic carbocycles. The van der Waals surface area contributed by atoms with Gasteiger partial charge in [0.1, 0.15) is 10.9 Å². The number of hydrogen-bond acceptors (Lipinski definition) is 4. The van der Waals surface area contributed by atoms with Crippen LogP contribution in [0.3, 0.4) is 0 Å². The number of carbonyl (C=O) groups is 3. The highest BCUT2D eigenvalue weighted by Gasteiger charge is 2.42. The van der Waals surface area contributed by atoms with E-state index in [1.54, 1.807) is 11.0 Å². The first-order chi connectivity index (χ1) is 15.9. The van der Waals surface area contributed by atoms with Crippen molar-refractivity contribution in [2.24, 2.45) is 17.3 Å². The second kappa shape index (κ2) is 10.5. The SMILES string of the molecule is CC1CCC(C(=O)N(c2cc(C#CC(C)(C)C)sc2C(=O)O)[C@H]2CCCN(C(C)C)C2=O)CC1. The lowest BCUT2D eigenvalue weighted by molar-refractivity contribution is -0.139. The zero-order chi connectivity index (χ0) is 25.2. The first kappa shape index (κ1) is 26.3. The predicted molar refractivity (Wildman–Crippen MR) is 136 cm³/mol. The van der Waals surface area contributed by atoms with Crippen molar-refractivity contribution in [2.75, 3.05) is 11.4 Å². The van der Waals surface area contributed by atoms with Crippen LogP contribution in [0.5, 0.6) is 0 Å². The average molecular weight is 487 g/mol. The van der Waals surface area contributed by atoms with Crippen LogP contribution in [0.4, 0.5) is 5.69 Å². The van der Waals surface area contributed by atoms with Gasteiger partial charge in [-0.25, -0.2) is 4.79 Å². The molecule has 2 aliphatic rings. The number of anilines is 1. The molecule has 6 nitrogen and oxygen atoms in total. The highest BCUT2D eigenvalue weighted by molar-refractivity contribution is 7.15. The zero-order valence-corrected chi connectivity index (χ0v) is 22.1. The van der Waals surface area contributed by atoms with Crippen LogP contribution in [-0.2, 0) is 9.59 Å². The first-order valence-corrected chi connectivity index (χ1v) is 13.2. The first-order valence-electron chi connectivity index (χ1n) is 12.4. The molecular weight excluding hydrogens is 448 g/mol. The van der Waals surface area contributed by atoms with Crippen molar-refractivity contribution in [3.63, 3.8) is 0 Å². The topological polar surface area (TPSA) is 77.9 Å². The van der Waals surface area contributed by atoms with Crippen molar-refractivity contribution in [3.05, 3.63) is 15.8 Å². The maximum atomic E-state index is 14.0. The van der Waals surface area contributed by atoms with Gasteiger partial charge in [-0.15, -0.1) is 11.3 Å². The van der Waals surface area contributed by atoms with Gasteiger partial charge in [-0.3, -0.25) is 14.5 Å². The molecule has 7 heteroatoms. The van der Waals surface area contributed by atoms with Gasteiger partial charge in [-0.2, -0.15) is 0 Å². The Morgan fingerprint density at radius 3 is 2.38 bits per heavy atom. The summed E-state index contributed by atoms with van der Waals surface area (Å²) in [4.78, 5) is 43.8. The molecule has 2 heterocycles. The van der Waals surface area contributed by atoms with Gasteiger partial charge in [0.15, 0.2) is 0 Å². The molecule has 2 amide bonds. The summed E-state index contributed by atoms with van der Waals surface area (Å²) in [5, 5.41) is 10.0. The second-order valence-corrected chi connectivity index (χ2v) is 12.1. The van der Waals surface area contributed by atoms with Gasteiger partial charge in [0, 0.05) is 23.9 Å². The van der Waals surface area contributed by atoms with Gasteiger partial charge in [0.2, 0.25) is 11.8 Å². The van der Waals surface area contributed by atoms with E-state index in [1.165, 1.54) is 0 Å². The van der Waals surface area contributed by atoms with Crippen LogP contribution < -0.4 is 4.90 Å². The monoisotopic (exact) mass is 486 g/mol. The Hall–Kier alpha value is -2.33. The third kappa shape index (κ3) is 6.02. The second-order valence-electron chi connectivity index (χ2n) is 11.1. The number of aromatic carboxylic acids is 1. The van der Waals surface area contributed by atoms with E-state index in [-0.39, 0.29) is 34.1 Å². The van der Waals surface area contributed by atoms with E-state index in [0.29, 0.717) is 29.4 Å². The van der Waals surface area contributed by atoms with Crippen LogP contribution in [0.1, 0.15) is 94.6 Å². The molecule has 1 aliphatic carbocycles. The van der Waals surface area contributed by atoms with Crippen LogP contribution >= 0.6 is 11.3 Å². The number of rotatable bonds is 5. The van der Waals surface area contributed by atoms with Gasteiger partial charge >= 0.3 is 5.97 Å². The Balaban J connectivity index is 2.09. The molecule has 2 fully saturated rings. The van der Waals surface area contributed by atoms with Crippen LogP contribution in [0, 0.1) is 29.1 Å². The number of piperidine rings is 1. The molecule has 1 aromatic rings. The highest BCUT2D eigenvalue weighted by Crippen LogP contribution is 2.38. The minimum atomic E-state index is -1.09. The maximum Gasteiger partial charge on any atom is 0.348 e. The summed E-state index contributed by atoms with van der Waals surface area (Å²) in [6.07, 6.45) is 4.80. The quantitative estimate of drug-likeness (QED) is 0.565. The van der Waals surface area contributed by atoms with E-state index in [9.17, 15) is 19.5 Å². The Morgan fingerprint density at radius 1 is 1.18 bits per heavy atom. The third-order valence-corrected chi connectivity index (χ3v) is 7.74. The Kier molecular flexibility index (Phi) is 8.13. The predicted octanol–water partition coefficient (Wildman–Crippen LogP) is 5.40. The maximum absolute atomic E-state index is 14.0. The average Bonchev–Trinajstić information content (AvgIpc) is 3.17. The summed E-state index contributed by atoms with van der Waals surface area (Å²) in [7, 11) is 0. The van der Waals surface area contributed by atoms with Crippen LogP contribution in [0.2, 0.25) is 0 Å². The number of carboxylic acids is 1. The largest absolute Gasteiger partial charge is 0.477 e. The fraction of sp³-hybridized carbons (Fsp3) is 0.667. The minimum absolute atomic E-state index is 0.0254. The van der Waals surface area contributed by atoms with Gasteiger partial charge < -0.3 is 10.0 Å². The molecule has 1 saturated heterocycles. The van der Waals surface area contributed by atoms with Crippen molar-refractivity contribution in [1.82, 2.24) is 4.90 Å². The molecular formula is C27H38N2O4S. The number of hydrogen-bond donors (Lipinski definition) is 1. The number of nitrogens with zero attached hydrogens (tertiary/aromatic N) is 2. The Labute approximate surface area is 207 Å². The fourth-order valence-electron chi connectivity index (χ4n) is 4.80. The molecule has 3 rings (SSSR count). The molecule has 1 N–H and O–H groups in total. The smallest absolute Gasteiger partial charge is 0.348 e. The number of likely N-dealkylation sites (tertiary alicyclic amines) is 1.